The van der Waals surface area contributed by atoms with E-state index in [9.17, 15) is 13.6 Å². The van der Waals surface area contributed by atoms with Crippen LogP contribution in [0.4, 0.5) is 14.5 Å². The van der Waals surface area contributed by atoms with Crippen LogP contribution in [0.2, 0.25) is 5.02 Å². The minimum Gasteiger partial charge on any atom is -0.433 e. The number of rotatable bonds is 6. The van der Waals surface area contributed by atoms with Crippen molar-refractivity contribution in [3.8, 4) is 5.75 Å². The van der Waals surface area contributed by atoms with Crippen molar-refractivity contribution >= 4 is 23.2 Å². The number of morpholine rings is 1. The van der Waals surface area contributed by atoms with E-state index in [1.807, 2.05) is 0 Å². The van der Waals surface area contributed by atoms with Crippen LogP contribution in [0.3, 0.4) is 0 Å². The highest BCUT2D eigenvalue weighted by molar-refractivity contribution is 6.32. The highest BCUT2D eigenvalue weighted by atomic mass is 35.5. The zero-order valence-corrected chi connectivity index (χ0v) is 14.5. The second-order valence-electron chi connectivity index (χ2n) is 6.40. The summed E-state index contributed by atoms with van der Waals surface area (Å²) in [7, 11) is 0. The van der Waals surface area contributed by atoms with Crippen molar-refractivity contribution in [1.29, 1.82) is 0 Å². The van der Waals surface area contributed by atoms with E-state index in [0.717, 1.165) is 13.1 Å². The Balaban J connectivity index is 1.62. The van der Waals surface area contributed by atoms with Crippen molar-refractivity contribution in [3.05, 3.63) is 23.2 Å². The van der Waals surface area contributed by atoms with Crippen LogP contribution < -0.4 is 10.1 Å². The zero-order chi connectivity index (χ0) is 17.8. The van der Waals surface area contributed by atoms with E-state index in [4.69, 9.17) is 16.3 Å². The normalized spacial score (nSPS) is 21.8. The minimum atomic E-state index is -2.95. The molecule has 2 aliphatic rings. The lowest BCUT2D eigenvalue weighted by atomic mass is 9.84. The predicted octanol–water partition coefficient (Wildman–Crippen LogP) is 3.38. The third-order valence-electron chi connectivity index (χ3n) is 4.67. The van der Waals surface area contributed by atoms with Gasteiger partial charge in [0.1, 0.15) is 11.8 Å². The smallest absolute Gasteiger partial charge is 0.387 e. The quantitative estimate of drug-likeness (QED) is 0.829. The maximum absolute atomic E-state index is 12.6. The summed E-state index contributed by atoms with van der Waals surface area (Å²) in [5.74, 6) is 0.355. The van der Waals surface area contributed by atoms with E-state index in [1.165, 1.54) is 37.5 Å². The first-order chi connectivity index (χ1) is 12.0. The van der Waals surface area contributed by atoms with Gasteiger partial charge in [-0.3, -0.25) is 9.69 Å². The molecule has 0 aromatic heterocycles. The highest BCUT2D eigenvalue weighted by Crippen LogP contribution is 2.30. The number of carbonyl (C=O) groups excluding carboxylic acids is 1. The third kappa shape index (κ3) is 4.80. The Bertz CT molecular complexity index is 614. The minimum absolute atomic E-state index is 0.0179. The fourth-order valence-corrected chi connectivity index (χ4v) is 3.33. The van der Waals surface area contributed by atoms with Crippen molar-refractivity contribution < 1.29 is 23.0 Å². The molecule has 1 heterocycles. The lowest BCUT2D eigenvalue weighted by Crippen LogP contribution is -2.53. The summed E-state index contributed by atoms with van der Waals surface area (Å²) in [5.41, 5.74) is 0.436. The molecule has 3 rings (SSSR count). The topological polar surface area (TPSA) is 50.8 Å². The molecule has 1 amide bonds. The summed E-state index contributed by atoms with van der Waals surface area (Å²) in [4.78, 5) is 14.8. The molecule has 5 nitrogen and oxygen atoms in total. The van der Waals surface area contributed by atoms with E-state index in [0.29, 0.717) is 24.8 Å². The molecule has 1 aromatic carbocycles. The number of halogens is 3. The van der Waals surface area contributed by atoms with Crippen LogP contribution in [0.5, 0.6) is 5.75 Å². The van der Waals surface area contributed by atoms with Gasteiger partial charge in [-0.05, 0) is 37.0 Å². The van der Waals surface area contributed by atoms with Gasteiger partial charge in [-0.1, -0.05) is 18.0 Å². The number of benzene rings is 1. The molecule has 1 N–H and O–H groups in total. The number of hydrogen-bond acceptors (Lipinski definition) is 4. The average Bonchev–Trinajstić information content (AvgIpc) is 2.53. The Morgan fingerprint density at radius 2 is 2.24 bits per heavy atom. The van der Waals surface area contributed by atoms with Crippen LogP contribution in [0.1, 0.15) is 19.3 Å². The van der Waals surface area contributed by atoms with Crippen LogP contribution in [0, 0.1) is 5.92 Å². The SMILES string of the molecule is O=C(Nc1ccc(OC(F)F)c(Cl)c1)C1COCCN1CC1CCC1. The number of amides is 1. The highest BCUT2D eigenvalue weighted by Gasteiger charge is 2.32. The molecule has 1 unspecified atom stereocenters. The van der Waals surface area contributed by atoms with Gasteiger partial charge in [-0.2, -0.15) is 8.78 Å². The Labute approximate surface area is 150 Å². The fourth-order valence-electron chi connectivity index (χ4n) is 3.10. The van der Waals surface area contributed by atoms with Crippen molar-refractivity contribution in [2.45, 2.75) is 31.9 Å². The molecule has 1 aliphatic heterocycles. The Morgan fingerprint density at radius 3 is 2.88 bits per heavy atom. The Morgan fingerprint density at radius 1 is 1.44 bits per heavy atom. The van der Waals surface area contributed by atoms with Crippen LogP contribution >= 0.6 is 11.6 Å². The van der Waals surface area contributed by atoms with Crippen molar-refractivity contribution in [3.63, 3.8) is 0 Å². The summed E-state index contributed by atoms with van der Waals surface area (Å²) in [6.45, 7) is -0.335. The molecule has 2 fully saturated rings. The van der Waals surface area contributed by atoms with Gasteiger partial charge in [0.05, 0.1) is 18.2 Å². The number of alkyl halides is 2. The summed E-state index contributed by atoms with van der Waals surface area (Å²) in [6, 6.07) is 3.84. The predicted molar refractivity (Wildman–Crippen MR) is 90.2 cm³/mol. The van der Waals surface area contributed by atoms with Crippen LogP contribution in [0.15, 0.2) is 18.2 Å². The average molecular weight is 375 g/mol. The molecule has 1 aromatic rings. The van der Waals surface area contributed by atoms with E-state index >= 15 is 0 Å². The molecule has 1 saturated carbocycles. The summed E-state index contributed by atoms with van der Waals surface area (Å²) >= 11 is 5.92. The number of anilines is 1. The van der Waals surface area contributed by atoms with Crippen molar-refractivity contribution in [2.75, 3.05) is 31.6 Å². The zero-order valence-electron chi connectivity index (χ0n) is 13.7. The number of nitrogens with zero attached hydrogens (tertiary/aromatic N) is 1. The van der Waals surface area contributed by atoms with Crippen LogP contribution in [-0.2, 0) is 9.53 Å². The van der Waals surface area contributed by atoms with E-state index in [2.05, 4.69) is 15.0 Å². The van der Waals surface area contributed by atoms with E-state index < -0.39 is 6.61 Å². The van der Waals surface area contributed by atoms with Crippen molar-refractivity contribution in [2.24, 2.45) is 5.92 Å². The van der Waals surface area contributed by atoms with Gasteiger partial charge in [0.15, 0.2) is 0 Å². The van der Waals surface area contributed by atoms with Crippen molar-refractivity contribution in [1.82, 2.24) is 4.90 Å². The molecule has 0 spiro atoms. The van der Waals surface area contributed by atoms with Gasteiger partial charge in [0, 0.05) is 18.8 Å². The first kappa shape index (κ1) is 18.4. The van der Waals surface area contributed by atoms with Gasteiger partial charge in [0.2, 0.25) is 5.91 Å². The van der Waals surface area contributed by atoms with Gasteiger partial charge < -0.3 is 14.8 Å². The molecule has 1 atom stereocenters. The molecular formula is C17H21ClF2N2O3. The first-order valence-electron chi connectivity index (χ1n) is 8.40. The van der Waals surface area contributed by atoms with Gasteiger partial charge in [-0.25, -0.2) is 0 Å². The molecule has 8 heteroatoms. The van der Waals surface area contributed by atoms with E-state index in [-0.39, 0.29) is 22.7 Å². The van der Waals surface area contributed by atoms with Crippen LogP contribution in [-0.4, -0.2) is 49.8 Å². The number of ether oxygens (including phenoxy) is 2. The summed E-state index contributed by atoms with van der Waals surface area (Å²) in [6.07, 6.45) is 3.69. The van der Waals surface area contributed by atoms with Crippen LogP contribution in [0.25, 0.3) is 0 Å². The van der Waals surface area contributed by atoms with Gasteiger partial charge in [-0.15, -0.1) is 0 Å². The maximum Gasteiger partial charge on any atom is 0.387 e. The molecule has 0 radical (unpaired) electrons. The fraction of sp³-hybridized carbons (Fsp3) is 0.588. The van der Waals surface area contributed by atoms with Gasteiger partial charge in [0.25, 0.3) is 0 Å². The molecule has 0 bridgehead atoms. The second kappa shape index (κ2) is 8.29. The van der Waals surface area contributed by atoms with Gasteiger partial charge >= 0.3 is 6.61 Å². The van der Waals surface area contributed by atoms with E-state index in [1.54, 1.807) is 0 Å². The summed E-state index contributed by atoms with van der Waals surface area (Å²) in [5, 5.41) is 2.80. The largest absolute Gasteiger partial charge is 0.433 e. The number of nitrogens with one attached hydrogen (secondary N) is 1. The standard InChI is InChI=1S/C17H21ClF2N2O3/c18-13-8-12(4-5-15(13)25-17(19)20)21-16(23)14-10-24-7-6-22(14)9-11-2-1-3-11/h4-5,8,11,14,17H,1-3,6-7,9-10H2,(H,21,23). The lowest BCUT2D eigenvalue weighted by molar-refractivity contribution is -0.128. The molecule has 25 heavy (non-hydrogen) atoms. The number of hydrogen-bond donors (Lipinski definition) is 1. The lowest BCUT2D eigenvalue weighted by Gasteiger charge is -2.39. The molecular weight excluding hydrogens is 354 g/mol. The number of carbonyl (C=O) groups is 1. The summed E-state index contributed by atoms with van der Waals surface area (Å²) < 4.78 is 34.3. The first-order valence-corrected chi connectivity index (χ1v) is 8.78. The molecule has 1 aliphatic carbocycles. The monoisotopic (exact) mass is 374 g/mol. The third-order valence-corrected chi connectivity index (χ3v) is 4.97. The molecule has 1 saturated heterocycles. The second-order valence-corrected chi connectivity index (χ2v) is 6.80. The maximum atomic E-state index is 12.6. The molecule has 138 valence electrons. The Kier molecular flexibility index (Phi) is 6.09. The Hall–Kier alpha value is -1.44.